The van der Waals surface area contributed by atoms with Gasteiger partial charge >= 0.3 is 0 Å². The first-order valence-corrected chi connectivity index (χ1v) is 5.18. The lowest BCUT2D eigenvalue weighted by Gasteiger charge is -2.13. The number of carbonyl (C=O) groups is 1. The van der Waals surface area contributed by atoms with Crippen LogP contribution in [0.15, 0.2) is 30.3 Å². The Bertz CT molecular complexity index is 458. The first-order chi connectivity index (χ1) is 7.62. The van der Waals surface area contributed by atoms with Gasteiger partial charge in [-0.05, 0) is 12.1 Å². The van der Waals surface area contributed by atoms with Crippen LogP contribution in [-0.4, -0.2) is 35.1 Å². The summed E-state index contributed by atoms with van der Waals surface area (Å²) in [6.45, 7) is 0.554. The molecule has 0 saturated carbocycles. The van der Waals surface area contributed by atoms with Gasteiger partial charge in [-0.25, -0.2) is 0 Å². The van der Waals surface area contributed by atoms with Gasteiger partial charge in [-0.3, -0.25) is 4.79 Å². The molecule has 82 valence electrons. The van der Waals surface area contributed by atoms with Crippen LogP contribution in [0.4, 0.5) is 0 Å². The molecule has 3 heteroatoms. The monoisotopic (exact) mass is 215 g/mol. The van der Waals surface area contributed by atoms with Crippen LogP contribution in [0.25, 0.3) is 0 Å². The van der Waals surface area contributed by atoms with E-state index in [1.54, 1.807) is 7.05 Å². The number of amides is 1. The Balaban J connectivity index is 2.23. The Morgan fingerprint density at radius 1 is 1.38 bits per heavy atom. The minimum absolute atomic E-state index is 0.309. The van der Waals surface area contributed by atoms with Gasteiger partial charge in [-0.15, -0.1) is 0 Å². The highest BCUT2D eigenvalue weighted by molar-refractivity contribution is 5.90. The Kier molecular flexibility index (Phi) is 2.67. The lowest BCUT2D eigenvalue weighted by atomic mass is 10.0. The molecule has 1 atom stereocenters. The third kappa shape index (κ3) is 1.93. The summed E-state index contributed by atoms with van der Waals surface area (Å²) in [5, 5.41) is 10.0. The molecule has 1 unspecified atom stereocenters. The standard InChI is InChI=1S/C13H13NO2/c1-14-10-9-13(16,12(14)15)8-7-11-5-3-2-4-6-11/h2-6,16H,9-10H2,1H3. The molecule has 0 radical (unpaired) electrons. The van der Waals surface area contributed by atoms with Crippen molar-refractivity contribution < 1.29 is 9.90 Å². The molecule has 0 aliphatic carbocycles. The molecule has 1 aliphatic heterocycles. The highest BCUT2D eigenvalue weighted by Gasteiger charge is 2.42. The van der Waals surface area contributed by atoms with E-state index in [4.69, 9.17) is 0 Å². The number of hydrogen-bond acceptors (Lipinski definition) is 2. The smallest absolute Gasteiger partial charge is 0.267 e. The number of rotatable bonds is 0. The average Bonchev–Trinajstić information content (AvgIpc) is 2.57. The van der Waals surface area contributed by atoms with E-state index < -0.39 is 5.60 Å². The summed E-state index contributed by atoms with van der Waals surface area (Å²) in [7, 11) is 1.67. The fourth-order valence-electron chi connectivity index (χ4n) is 1.67. The molecular weight excluding hydrogens is 202 g/mol. The van der Waals surface area contributed by atoms with Crippen LogP contribution in [0.1, 0.15) is 12.0 Å². The summed E-state index contributed by atoms with van der Waals surface area (Å²) in [6, 6.07) is 9.33. The van der Waals surface area contributed by atoms with Crippen LogP contribution in [0, 0.1) is 11.8 Å². The minimum Gasteiger partial charge on any atom is -0.369 e. The molecule has 1 amide bonds. The summed E-state index contributed by atoms with van der Waals surface area (Å²) in [4.78, 5) is 13.1. The molecular formula is C13H13NO2. The quantitative estimate of drug-likeness (QED) is 0.645. The molecule has 1 aliphatic rings. The van der Waals surface area contributed by atoms with Gasteiger partial charge in [0.2, 0.25) is 5.60 Å². The highest BCUT2D eigenvalue weighted by Crippen LogP contribution is 2.20. The normalized spacial score (nSPS) is 24.1. The molecule has 2 rings (SSSR count). The molecule has 0 bridgehead atoms. The number of likely N-dealkylation sites (tertiary alicyclic amines) is 1. The molecule has 16 heavy (non-hydrogen) atoms. The molecule has 1 aromatic rings. The third-order valence-electron chi connectivity index (χ3n) is 2.70. The maximum absolute atomic E-state index is 11.6. The summed E-state index contributed by atoms with van der Waals surface area (Å²) in [5.41, 5.74) is -0.691. The molecule has 1 fully saturated rings. The van der Waals surface area contributed by atoms with Crippen molar-refractivity contribution in [3.05, 3.63) is 35.9 Å². The summed E-state index contributed by atoms with van der Waals surface area (Å²) >= 11 is 0. The lowest BCUT2D eigenvalue weighted by Crippen LogP contribution is -2.37. The van der Waals surface area contributed by atoms with E-state index in [0.29, 0.717) is 13.0 Å². The van der Waals surface area contributed by atoms with Crippen molar-refractivity contribution in [1.29, 1.82) is 0 Å². The number of hydrogen-bond donors (Lipinski definition) is 1. The fraction of sp³-hybridized carbons (Fsp3) is 0.308. The molecule has 0 aromatic heterocycles. The Morgan fingerprint density at radius 3 is 2.62 bits per heavy atom. The number of carbonyl (C=O) groups excluding carboxylic acids is 1. The van der Waals surface area contributed by atoms with Gasteiger partial charge in [0.15, 0.2) is 0 Å². The molecule has 3 nitrogen and oxygen atoms in total. The second kappa shape index (κ2) is 3.99. The Hall–Kier alpha value is -1.79. The molecule has 1 aromatic carbocycles. The van der Waals surface area contributed by atoms with Crippen LogP contribution >= 0.6 is 0 Å². The van der Waals surface area contributed by atoms with Gasteiger partial charge < -0.3 is 10.0 Å². The highest BCUT2D eigenvalue weighted by atomic mass is 16.3. The summed E-state index contributed by atoms with van der Waals surface area (Å²) in [5.74, 6) is 5.19. The number of likely N-dealkylation sites (N-methyl/N-ethyl adjacent to an activating group) is 1. The van der Waals surface area contributed by atoms with Crippen molar-refractivity contribution in [2.45, 2.75) is 12.0 Å². The summed E-state index contributed by atoms with van der Waals surface area (Å²) in [6.07, 6.45) is 0.377. The van der Waals surface area contributed by atoms with Gasteiger partial charge in [0.25, 0.3) is 5.91 Å². The zero-order chi connectivity index (χ0) is 11.6. The van der Waals surface area contributed by atoms with Crippen molar-refractivity contribution >= 4 is 5.91 Å². The zero-order valence-corrected chi connectivity index (χ0v) is 9.10. The second-order valence-corrected chi connectivity index (χ2v) is 3.95. The fourth-order valence-corrected chi connectivity index (χ4v) is 1.67. The predicted octanol–water partition coefficient (Wildman–Crippen LogP) is 0.631. The number of aliphatic hydroxyl groups is 1. The summed E-state index contributed by atoms with van der Waals surface area (Å²) < 4.78 is 0. The van der Waals surface area contributed by atoms with Gasteiger partial charge in [0.1, 0.15) is 0 Å². The van der Waals surface area contributed by atoms with Crippen LogP contribution in [0.5, 0.6) is 0 Å². The zero-order valence-electron chi connectivity index (χ0n) is 9.10. The largest absolute Gasteiger partial charge is 0.369 e. The van der Waals surface area contributed by atoms with Crippen LogP contribution in [-0.2, 0) is 4.79 Å². The number of benzene rings is 1. The molecule has 1 saturated heterocycles. The van der Waals surface area contributed by atoms with Crippen LogP contribution in [0.3, 0.4) is 0 Å². The van der Waals surface area contributed by atoms with Gasteiger partial charge in [-0.2, -0.15) is 0 Å². The molecule has 0 spiro atoms. The van der Waals surface area contributed by atoms with E-state index in [1.165, 1.54) is 4.90 Å². The first-order valence-electron chi connectivity index (χ1n) is 5.18. The lowest BCUT2D eigenvalue weighted by molar-refractivity contribution is -0.137. The van der Waals surface area contributed by atoms with E-state index in [0.717, 1.165) is 5.56 Å². The van der Waals surface area contributed by atoms with Crippen molar-refractivity contribution in [2.75, 3.05) is 13.6 Å². The topological polar surface area (TPSA) is 40.5 Å². The van der Waals surface area contributed by atoms with Gasteiger partial charge in [0, 0.05) is 25.6 Å². The maximum Gasteiger partial charge on any atom is 0.267 e. The first kappa shape index (κ1) is 10.7. The maximum atomic E-state index is 11.6. The van der Waals surface area contributed by atoms with Crippen molar-refractivity contribution in [3.63, 3.8) is 0 Å². The SMILES string of the molecule is CN1CCC(O)(C#Cc2ccccc2)C1=O. The van der Waals surface area contributed by atoms with E-state index in [2.05, 4.69) is 11.8 Å². The van der Waals surface area contributed by atoms with Crippen molar-refractivity contribution in [2.24, 2.45) is 0 Å². The van der Waals surface area contributed by atoms with E-state index in [1.807, 2.05) is 30.3 Å². The minimum atomic E-state index is -1.50. The average molecular weight is 215 g/mol. The van der Waals surface area contributed by atoms with Crippen LogP contribution < -0.4 is 0 Å². The second-order valence-electron chi connectivity index (χ2n) is 3.95. The predicted molar refractivity (Wildman–Crippen MR) is 60.5 cm³/mol. The van der Waals surface area contributed by atoms with Crippen molar-refractivity contribution in [1.82, 2.24) is 4.90 Å². The molecule has 1 heterocycles. The van der Waals surface area contributed by atoms with Gasteiger partial charge in [0.05, 0.1) is 0 Å². The Labute approximate surface area is 94.7 Å². The van der Waals surface area contributed by atoms with Gasteiger partial charge in [-0.1, -0.05) is 30.0 Å². The van der Waals surface area contributed by atoms with Crippen molar-refractivity contribution in [3.8, 4) is 11.8 Å². The van der Waals surface area contributed by atoms with E-state index >= 15 is 0 Å². The van der Waals surface area contributed by atoms with E-state index in [9.17, 15) is 9.90 Å². The Morgan fingerprint density at radius 2 is 2.06 bits per heavy atom. The third-order valence-corrected chi connectivity index (χ3v) is 2.70. The number of nitrogens with zero attached hydrogens (tertiary/aromatic N) is 1. The van der Waals surface area contributed by atoms with Crippen LogP contribution in [0.2, 0.25) is 0 Å². The molecule has 1 N–H and O–H groups in total. The van der Waals surface area contributed by atoms with E-state index in [-0.39, 0.29) is 5.91 Å².